The van der Waals surface area contributed by atoms with Gasteiger partial charge in [-0.15, -0.1) is 0 Å². The number of aryl methyl sites for hydroxylation is 1. The van der Waals surface area contributed by atoms with Crippen LogP contribution in [0.5, 0.6) is 0 Å². The third-order valence-electron chi connectivity index (χ3n) is 4.52. The van der Waals surface area contributed by atoms with Crippen LogP contribution in [0.3, 0.4) is 0 Å². The van der Waals surface area contributed by atoms with Crippen molar-refractivity contribution < 1.29 is 0 Å². The van der Waals surface area contributed by atoms with Crippen molar-refractivity contribution in [1.82, 2.24) is 4.90 Å². The highest BCUT2D eigenvalue weighted by atomic mass is 15.2. The van der Waals surface area contributed by atoms with Crippen LogP contribution in [0.2, 0.25) is 0 Å². The molecule has 0 spiro atoms. The quantitative estimate of drug-likeness (QED) is 0.734. The summed E-state index contributed by atoms with van der Waals surface area (Å²) in [6.07, 6.45) is 8.92. The molecule has 0 radical (unpaired) electrons. The molecule has 0 bridgehead atoms. The molecule has 0 unspecified atom stereocenters. The third kappa shape index (κ3) is 1.75. The van der Waals surface area contributed by atoms with Crippen LogP contribution in [0.25, 0.3) is 11.8 Å². The van der Waals surface area contributed by atoms with Gasteiger partial charge in [0.15, 0.2) is 0 Å². The highest BCUT2D eigenvalue weighted by Crippen LogP contribution is 2.49. The third-order valence-corrected chi connectivity index (χ3v) is 4.52. The van der Waals surface area contributed by atoms with Gasteiger partial charge in [-0.1, -0.05) is 25.1 Å². The first-order valence-corrected chi connectivity index (χ1v) is 7.61. The number of hydrogen-bond acceptors (Lipinski definition) is 1. The van der Waals surface area contributed by atoms with E-state index in [-0.39, 0.29) is 0 Å². The van der Waals surface area contributed by atoms with Crippen LogP contribution in [0.15, 0.2) is 29.5 Å². The molecule has 98 valence electrons. The highest BCUT2D eigenvalue weighted by molar-refractivity contribution is 5.84. The van der Waals surface area contributed by atoms with Crippen molar-refractivity contribution in [1.29, 1.82) is 0 Å². The molecule has 19 heavy (non-hydrogen) atoms. The molecule has 0 saturated heterocycles. The van der Waals surface area contributed by atoms with Gasteiger partial charge in [0.25, 0.3) is 0 Å². The standard InChI is InChI=1S/C18H21N/c1-3-15-11-14-6-4-5-12(2)17(14)18(13-7-8-13)19(15)16-9-10-16/h4-6,11,16H,3,7-10H2,1-2H3. The molecule has 2 saturated carbocycles. The zero-order valence-electron chi connectivity index (χ0n) is 11.9. The Morgan fingerprint density at radius 2 is 2.00 bits per heavy atom. The minimum atomic E-state index is 0.780. The van der Waals surface area contributed by atoms with Crippen LogP contribution < -0.4 is 0 Å². The van der Waals surface area contributed by atoms with Crippen molar-refractivity contribution in [3.8, 4) is 0 Å². The Balaban J connectivity index is 1.96. The van der Waals surface area contributed by atoms with Crippen molar-refractivity contribution in [3.63, 3.8) is 0 Å². The summed E-state index contributed by atoms with van der Waals surface area (Å²) in [5.74, 6) is 0. The Bertz CT molecular complexity index is 596. The molecular formula is C18H21N. The Hall–Kier alpha value is -1.50. The van der Waals surface area contributed by atoms with Gasteiger partial charge in [-0.25, -0.2) is 0 Å². The number of allylic oxidation sites excluding steroid dienone is 2. The predicted octanol–water partition coefficient (Wildman–Crippen LogP) is 4.73. The Labute approximate surface area is 115 Å². The summed E-state index contributed by atoms with van der Waals surface area (Å²) in [5.41, 5.74) is 9.16. The molecule has 1 aromatic rings. The number of hydrogen-bond donors (Lipinski definition) is 0. The second-order valence-electron chi connectivity index (χ2n) is 6.08. The summed E-state index contributed by atoms with van der Waals surface area (Å²) in [6.45, 7) is 4.55. The van der Waals surface area contributed by atoms with Gasteiger partial charge in [0.2, 0.25) is 0 Å². The molecule has 1 aliphatic heterocycles. The van der Waals surface area contributed by atoms with Gasteiger partial charge >= 0.3 is 0 Å². The molecule has 0 aromatic heterocycles. The minimum absolute atomic E-state index is 0.780. The number of rotatable bonds is 2. The van der Waals surface area contributed by atoms with E-state index in [2.05, 4.69) is 43.0 Å². The molecule has 2 aliphatic carbocycles. The molecule has 0 atom stereocenters. The molecule has 1 heterocycles. The smallest absolute Gasteiger partial charge is 0.0485 e. The SMILES string of the molecule is CCC1=Cc2cccc(C)c2C(=C2CC2)N1C1CC1. The van der Waals surface area contributed by atoms with Gasteiger partial charge in [0, 0.05) is 23.0 Å². The highest BCUT2D eigenvalue weighted by Gasteiger charge is 2.38. The van der Waals surface area contributed by atoms with Gasteiger partial charge in [-0.2, -0.15) is 0 Å². The van der Waals surface area contributed by atoms with Crippen LogP contribution >= 0.6 is 0 Å². The van der Waals surface area contributed by atoms with Gasteiger partial charge in [-0.3, -0.25) is 0 Å². The van der Waals surface area contributed by atoms with Crippen molar-refractivity contribution >= 4 is 11.8 Å². The summed E-state index contributed by atoms with van der Waals surface area (Å²) >= 11 is 0. The summed E-state index contributed by atoms with van der Waals surface area (Å²) < 4.78 is 0. The topological polar surface area (TPSA) is 3.24 Å². The molecular weight excluding hydrogens is 230 g/mol. The first kappa shape index (κ1) is 11.3. The fourth-order valence-electron chi connectivity index (χ4n) is 3.32. The van der Waals surface area contributed by atoms with Crippen LogP contribution in [0, 0.1) is 6.92 Å². The van der Waals surface area contributed by atoms with Crippen LogP contribution in [0.1, 0.15) is 55.7 Å². The number of nitrogens with zero attached hydrogens (tertiary/aromatic N) is 1. The van der Waals surface area contributed by atoms with E-state index in [1.165, 1.54) is 48.1 Å². The molecule has 0 amide bonds. The average molecular weight is 251 g/mol. The largest absolute Gasteiger partial charge is 0.342 e. The van der Waals surface area contributed by atoms with E-state index in [0.717, 1.165) is 12.5 Å². The zero-order valence-corrected chi connectivity index (χ0v) is 11.9. The lowest BCUT2D eigenvalue weighted by atomic mass is 9.92. The fraction of sp³-hybridized carbons (Fsp3) is 0.444. The van der Waals surface area contributed by atoms with Crippen molar-refractivity contribution in [3.05, 3.63) is 46.2 Å². The van der Waals surface area contributed by atoms with E-state index >= 15 is 0 Å². The van der Waals surface area contributed by atoms with E-state index in [1.807, 2.05) is 0 Å². The minimum Gasteiger partial charge on any atom is -0.342 e. The van der Waals surface area contributed by atoms with Gasteiger partial charge < -0.3 is 4.90 Å². The van der Waals surface area contributed by atoms with E-state index < -0.39 is 0 Å². The van der Waals surface area contributed by atoms with E-state index in [9.17, 15) is 0 Å². The van der Waals surface area contributed by atoms with Gasteiger partial charge in [0.1, 0.15) is 0 Å². The molecule has 1 heteroatoms. The molecule has 2 fully saturated rings. The maximum atomic E-state index is 2.68. The zero-order chi connectivity index (χ0) is 13.0. The summed E-state index contributed by atoms with van der Waals surface area (Å²) in [4.78, 5) is 2.68. The van der Waals surface area contributed by atoms with Gasteiger partial charge in [0.05, 0.1) is 0 Å². The summed E-state index contributed by atoms with van der Waals surface area (Å²) in [5, 5.41) is 0. The maximum Gasteiger partial charge on any atom is 0.0485 e. The molecule has 4 rings (SSSR count). The monoisotopic (exact) mass is 251 g/mol. The predicted molar refractivity (Wildman–Crippen MR) is 80.5 cm³/mol. The summed E-state index contributed by atoms with van der Waals surface area (Å²) in [6, 6.07) is 7.52. The van der Waals surface area contributed by atoms with Crippen molar-refractivity contribution in [2.75, 3.05) is 0 Å². The van der Waals surface area contributed by atoms with E-state index in [4.69, 9.17) is 0 Å². The van der Waals surface area contributed by atoms with Crippen molar-refractivity contribution in [2.24, 2.45) is 0 Å². The fourth-order valence-corrected chi connectivity index (χ4v) is 3.32. The lowest BCUT2D eigenvalue weighted by Crippen LogP contribution is -2.27. The second-order valence-corrected chi connectivity index (χ2v) is 6.08. The molecule has 0 N–H and O–H groups in total. The molecule has 3 aliphatic rings. The van der Waals surface area contributed by atoms with E-state index in [0.29, 0.717) is 0 Å². The molecule has 1 nitrogen and oxygen atoms in total. The lowest BCUT2D eigenvalue weighted by Gasteiger charge is -2.35. The second kappa shape index (κ2) is 4.00. The first-order chi connectivity index (χ1) is 9.29. The Morgan fingerprint density at radius 1 is 1.21 bits per heavy atom. The van der Waals surface area contributed by atoms with Crippen LogP contribution in [-0.2, 0) is 0 Å². The number of fused-ring (bicyclic) bond motifs is 1. The Kier molecular flexibility index (Phi) is 2.38. The normalized spacial score (nSPS) is 21.4. The van der Waals surface area contributed by atoms with Crippen LogP contribution in [-0.4, -0.2) is 10.9 Å². The number of benzene rings is 1. The Morgan fingerprint density at radius 3 is 2.63 bits per heavy atom. The molecule has 1 aromatic carbocycles. The maximum absolute atomic E-state index is 2.68. The van der Waals surface area contributed by atoms with Crippen molar-refractivity contribution in [2.45, 2.75) is 52.0 Å². The lowest BCUT2D eigenvalue weighted by molar-refractivity contribution is 0.462. The van der Waals surface area contributed by atoms with Gasteiger partial charge in [-0.05, 0) is 61.8 Å². The first-order valence-electron chi connectivity index (χ1n) is 7.61. The van der Waals surface area contributed by atoms with E-state index in [1.54, 1.807) is 11.3 Å². The summed E-state index contributed by atoms with van der Waals surface area (Å²) in [7, 11) is 0. The van der Waals surface area contributed by atoms with Crippen LogP contribution in [0.4, 0.5) is 0 Å². The average Bonchev–Trinajstić information content (AvgIpc) is 3.29.